The minimum Gasteiger partial charge on any atom is -0.497 e. The summed E-state index contributed by atoms with van der Waals surface area (Å²) in [6, 6.07) is 4.95. The molecule has 0 unspecified atom stereocenters. The van der Waals surface area contributed by atoms with E-state index in [9.17, 15) is 9.59 Å². The van der Waals surface area contributed by atoms with Crippen LogP contribution in [0.3, 0.4) is 0 Å². The lowest BCUT2D eigenvalue weighted by atomic mass is 10.2. The van der Waals surface area contributed by atoms with Gasteiger partial charge in [0, 0.05) is 42.4 Å². The molecular formula is C19H24N4O5S. The summed E-state index contributed by atoms with van der Waals surface area (Å²) in [5, 5.41) is 10.2. The van der Waals surface area contributed by atoms with Gasteiger partial charge in [0.25, 0.3) is 5.91 Å². The Labute approximate surface area is 173 Å². The van der Waals surface area contributed by atoms with Crippen molar-refractivity contribution in [1.82, 2.24) is 15.1 Å². The molecule has 3 rings (SSSR count). The van der Waals surface area contributed by atoms with E-state index >= 15 is 0 Å². The van der Waals surface area contributed by atoms with Gasteiger partial charge in [0.2, 0.25) is 5.91 Å². The number of aromatic nitrogens is 2. The molecule has 1 aromatic heterocycles. The van der Waals surface area contributed by atoms with E-state index in [0.717, 1.165) is 22.8 Å². The van der Waals surface area contributed by atoms with Gasteiger partial charge in [-0.1, -0.05) is 0 Å². The highest BCUT2D eigenvalue weighted by Gasteiger charge is 2.25. The second kappa shape index (κ2) is 9.66. The minimum absolute atomic E-state index is 0.0123. The molecular weight excluding hydrogens is 396 g/mol. The van der Waals surface area contributed by atoms with E-state index in [2.05, 4.69) is 15.7 Å². The zero-order chi connectivity index (χ0) is 20.8. The molecule has 0 spiro atoms. The molecule has 0 saturated carbocycles. The zero-order valence-corrected chi connectivity index (χ0v) is 17.4. The number of thioether (sulfide) groups is 1. The van der Waals surface area contributed by atoms with Crippen LogP contribution in [-0.4, -0.2) is 56.1 Å². The van der Waals surface area contributed by atoms with Gasteiger partial charge in [-0.2, -0.15) is 16.9 Å². The molecule has 156 valence electrons. The van der Waals surface area contributed by atoms with Crippen molar-refractivity contribution in [3.8, 4) is 11.5 Å². The standard InChI is InChI=1S/C19H24N4O5S/c1-26-5-4-20-17(24)9-23-18(15-10-29-11-16(15)22-23)21-19(25)12-6-13(27-2)8-14(7-12)28-3/h6-8H,4-5,9-11H2,1-3H3,(H,20,24)(H,21,25). The van der Waals surface area contributed by atoms with E-state index in [4.69, 9.17) is 14.2 Å². The maximum absolute atomic E-state index is 12.9. The summed E-state index contributed by atoms with van der Waals surface area (Å²) in [6.07, 6.45) is 0. The van der Waals surface area contributed by atoms with Crippen molar-refractivity contribution in [3.05, 3.63) is 35.0 Å². The quantitative estimate of drug-likeness (QED) is 0.595. The number of rotatable bonds is 9. The Hall–Kier alpha value is -2.72. The summed E-state index contributed by atoms with van der Waals surface area (Å²) in [5.74, 6) is 2.53. The fourth-order valence-corrected chi connectivity index (χ4v) is 3.96. The number of anilines is 1. The summed E-state index contributed by atoms with van der Waals surface area (Å²) in [7, 11) is 4.62. The van der Waals surface area contributed by atoms with Gasteiger partial charge >= 0.3 is 0 Å². The Bertz CT molecular complexity index is 877. The Morgan fingerprint density at radius 1 is 1.14 bits per heavy atom. The zero-order valence-electron chi connectivity index (χ0n) is 16.6. The Balaban J connectivity index is 1.81. The number of ether oxygens (including phenoxy) is 3. The lowest BCUT2D eigenvalue weighted by molar-refractivity contribution is -0.122. The van der Waals surface area contributed by atoms with Gasteiger partial charge in [-0.15, -0.1) is 0 Å². The van der Waals surface area contributed by atoms with Gasteiger partial charge in [-0.3, -0.25) is 9.59 Å². The molecule has 0 radical (unpaired) electrons. The number of carbonyl (C=O) groups is 2. The normalized spacial score (nSPS) is 12.4. The van der Waals surface area contributed by atoms with Crippen LogP contribution in [0.15, 0.2) is 18.2 Å². The van der Waals surface area contributed by atoms with Crippen LogP contribution in [0.5, 0.6) is 11.5 Å². The first-order valence-corrected chi connectivity index (χ1v) is 10.2. The van der Waals surface area contributed by atoms with Crippen LogP contribution in [0.25, 0.3) is 0 Å². The van der Waals surface area contributed by atoms with Crippen molar-refractivity contribution in [2.75, 3.05) is 39.8 Å². The van der Waals surface area contributed by atoms with E-state index in [1.807, 2.05) is 0 Å². The Morgan fingerprint density at radius 3 is 2.52 bits per heavy atom. The maximum atomic E-state index is 12.9. The fourth-order valence-electron chi connectivity index (χ4n) is 2.92. The van der Waals surface area contributed by atoms with Crippen LogP contribution in [0.4, 0.5) is 5.82 Å². The number of amides is 2. The summed E-state index contributed by atoms with van der Waals surface area (Å²) in [6.45, 7) is 0.856. The predicted molar refractivity (Wildman–Crippen MR) is 110 cm³/mol. The van der Waals surface area contributed by atoms with Gasteiger partial charge in [-0.05, 0) is 12.1 Å². The second-order valence-corrected chi connectivity index (χ2v) is 7.31. The molecule has 1 aliphatic heterocycles. The largest absolute Gasteiger partial charge is 0.497 e. The van der Waals surface area contributed by atoms with Gasteiger partial charge in [0.1, 0.15) is 23.9 Å². The van der Waals surface area contributed by atoms with Crippen molar-refractivity contribution >= 4 is 29.4 Å². The number of nitrogens with zero attached hydrogens (tertiary/aromatic N) is 2. The topological polar surface area (TPSA) is 104 Å². The number of hydrogen-bond acceptors (Lipinski definition) is 7. The molecule has 9 nitrogen and oxygen atoms in total. The molecule has 0 saturated heterocycles. The third kappa shape index (κ3) is 5.01. The van der Waals surface area contributed by atoms with Crippen molar-refractivity contribution in [3.63, 3.8) is 0 Å². The van der Waals surface area contributed by atoms with Crippen molar-refractivity contribution in [2.24, 2.45) is 0 Å². The average Bonchev–Trinajstić information content (AvgIpc) is 3.30. The Kier molecular flexibility index (Phi) is 6.99. The molecule has 1 aromatic carbocycles. The highest BCUT2D eigenvalue weighted by atomic mass is 32.2. The minimum atomic E-state index is -0.331. The van der Waals surface area contributed by atoms with Crippen molar-refractivity contribution in [2.45, 2.75) is 18.1 Å². The summed E-state index contributed by atoms with van der Waals surface area (Å²) >= 11 is 1.72. The molecule has 2 heterocycles. The first-order valence-electron chi connectivity index (χ1n) is 9.02. The van der Waals surface area contributed by atoms with Gasteiger partial charge in [0.15, 0.2) is 0 Å². The summed E-state index contributed by atoms with van der Waals surface area (Å²) in [4.78, 5) is 25.1. The van der Waals surface area contributed by atoms with Gasteiger partial charge in [-0.25, -0.2) is 4.68 Å². The molecule has 2 aromatic rings. The summed E-state index contributed by atoms with van der Waals surface area (Å²) in [5.41, 5.74) is 2.22. The summed E-state index contributed by atoms with van der Waals surface area (Å²) < 4.78 is 17.0. The maximum Gasteiger partial charge on any atom is 0.257 e. The third-order valence-electron chi connectivity index (χ3n) is 4.39. The fraction of sp³-hybridized carbons (Fsp3) is 0.421. The van der Waals surface area contributed by atoms with E-state index in [1.165, 1.54) is 14.2 Å². The SMILES string of the molecule is COCCNC(=O)Cn1nc2c(c1NC(=O)c1cc(OC)cc(OC)c1)CSC2. The monoisotopic (exact) mass is 420 g/mol. The van der Waals surface area contributed by atoms with E-state index in [-0.39, 0.29) is 18.4 Å². The number of benzene rings is 1. The highest BCUT2D eigenvalue weighted by Crippen LogP contribution is 2.35. The lowest BCUT2D eigenvalue weighted by Crippen LogP contribution is -2.31. The van der Waals surface area contributed by atoms with Crippen LogP contribution >= 0.6 is 11.8 Å². The molecule has 0 atom stereocenters. The van der Waals surface area contributed by atoms with E-state index in [0.29, 0.717) is 36.0 Å². The molecule has 1 aliphatic rings. The molecule has 0 bridgehead atoms. The van der Waals surface area contributed by atoms with E-state index < -0.39 is 0 Å². The molecule has 0 aliphatic carbocycles. The van der Waals surface area contributed by atoms with Crippen LogP contribution in [0, 0.1) is 0 Å². The van der Waals surface area contributed by atoms with Gasteiger partial charge < -0.3 is 24.8 Å². The second-order valence-electron chi connectivity index (χ2n) is 6.32. The van der Waals surface area contributed by atoms with Crippen LogP contribution in [-0.2, 0) is 27.6 Å². The number of methoxy groups -OCH3 is 3. The predicted octanol–water partition coefficient (Wildman–Crippen LogP) is 1.66. The Morgan fingerprint density at radius 2 is 1.86 bits per heavy atom. The lowest BCUT2D eigenvalue weighted by Gasteiger charge is -2.12. The van der Waals surface area contributed by atoms with Crippen molar-refractivity contribution < 1.29 is 23.8 Å². The first-order chi connectivity index (χ1) is 14.0. The van der Waals surface area contributed by atoms with Crippen molar-refractivity contribution in [1.29, 1.82) is 0 Å². The average molecular weight is 420 g/mol. The number of hydrogen-bond donors (Lipinski definition) is 2. The smallest absolute Gasteiger partial charge is 0.257 e. The van der Waals surface area contributed by atoms with E-state index in [1.54, 1.807) is 41.8 Å². The van der Waals surface area contributed by atoms with Crippen LogP contribution < -0.4 is 20.1 Å². The van der Waals surface area contributed by atoms with Crippen LogP contribution in [0.1, 0.15) is 21.6 Å². The molecule has 0 fully saturated rings. The molecule has 29 heavy (non-hydrogen) atoms. The number of fused-ring (bicyclic) bond motifs is 1. The first kappa shape index (κ1) is 21.0. The molecule has 10 heteroatoms. The molecule has 2 N–H and O–H groups in total. The van der Waals surface area contributed by atoms with Gasteiger partial charge in [0.05, 0.1) is 26.5 Å². The molecule has 2 amide bonds. The van der Waals surface area contributed by atoms with Crippen LogP contribution in [0.2, 0.25) is 0 Å². The number of carbonyl (C=O) groups excluding carboxylic acids is 2. The third-order valence-corrected chi connectivity index (χ3v) is 5.36. The highest BCUT2D eigenvalue weighted by molar-refractivity contribution is 7.98. The number of nitrogens with one attached hydrogen (secondary N) is 2.